The summed E-state index contributed by atoms with van der Waals surface area (Å²) >= 11 is 0. The van der Waals surface area contributed by atoms with E-state index in [0.29, 0.717) is 12.1 Å². The topological polar surface area (TPSA) is 21.3 Å². The molecular weight excluding hydrogens is 294 g/mol. The predicted molar refractivity (Wildman–Crippen MR) is 94.0 cm³/mol. The Bertz CT molecular complexity index is 600. The van der Waals surface area contributed by atoms with Crippen LogP contribution in [0.15, 0.2) is 48.5 Å². The lowest BCUT2D eigenvalue weighted by atomic mass is 10.0. The highest BCUT2D eigenvalue weighted by Gasteiger charge is 2.14. The number of halogens is 1. The van der Waals surface area contributed by atoms with Crippen molar-refractivity contribution in [3.05, 3.63) is 65.2 Å². The van der Waals surface area contributed by atoms with Gasteiger partial charge in [0, 0.05) is 18.5 Å². The van der Waals surface area contributed by atoms with Crippen molar-refractivity contribution in [2.75, 3.05) is 6.61 Å². The minimum atomic E-state index is 0. The third kappa shape index (κ3) is 4.02. The third-order valence-corrected chi connectivity index (χ3v) is 4.13. The average Bonchev–Trinajstić information content (AvgIpc) is 2.95. The lowest BCUT2D eigenvalue weighted by molar-refractivity contribution is 0.357. The molecule has 1 aliphatic heterocycles. The average molecular weight is 318 g/mol. The summed E-state index contributed by atoms with van der Waals surface area (Å²) in [6.07, 6.45) is 2.09. The Hall–Kier alpha value is -1.51. The van der Waals surface area contributed by atoms with Gasteiger partial charge in [0.15, 0.2) is 0 Å². The predicted octanol–water partition coefficient (Wildman–Crippen LogP) is 4.33. The lowest BCUT2D eigenvalue weighted by Crippen LogP contribution is -2.30. The van der Waals surface area contributed by atoms with E-state index >= 15 is 0 Å². The SMILES string of the molecule is CC(Cc1ccc2c(c1)CCO2)NC(C)c1ccccc1.Cl. The molecule has 2 aromatic rings. The molecule has 0 radical (unpaired) electrons. The van der Waals surface area contributed by atoms with Crippen LogP contribution < -0.4 is 10.1 Å². The van der Waals surface area contributed by atoms with Gasteiger partial charge in [0.1, 0.15) is 5.75 Å². The van der Waals surface area contributed by atoms with Gasteiger partial charge in [-0.1, -0.05) is 42.5 Å². The van der Waals surface area contributed by atoms with E-state index < -0.39 is 0 Å². The molecule has 0 aliphatic carbocycles. The van der Waals surface area contributed by atoms with E-state index in [1.165, 1.54) is 16.7 Å². The molecule has 1 N–H and O–H groups in total. The minimum Gasteiger partial charge on any atom is -0.493 e. The Labute approximate surface area is 139 Å². The summed E-state index contributed by atoms with van der Waals surface area (Å²) in [5.41, 5.74) is 4.09. The van der Waals surface area contributed by atoms with E-state index in [-0.39, 0.29) is 12.4 Å². The maximum Gasteiger partial charge on any atom is 0.122 e. The summed E-state index contributed by atoms with van der Waals surface area (Å²) in [5, 5.41) is 3.68. The van der Waals surface area contributed by atoms with E-state index in [0.717, 1.165) is 25.2 Å². The molecule has 2 atom stereocenters. The van der Waals surface area contributed by atoms with Crippen molar-refractivity contribution in [1.82, 2.24) is 5.32 Å². The highest BCUT2D eigenvalue weighted by molar-refractivity contribution is 5.85. The zero-order chi connectivity index (χ0) is 14.7. The maximum atomic E-state index is 5.57. The molecule has 0 amide bonds. The molecule has 22 heavy (non-hydrogen) atoms. The van der Waals surface area contributed by atoms with E-state index in [1.54, 1.807) is 0 Å². The molecule has 0 spiro atoms. The molecule has 1 heterocycles. The van der Waals surface area contributed by atoms with Gasteiger partial charge >= 0.3 is 0 Å². The number of hydrogen-bond donors (Lipinski definition) is 1. The monoisotopic (exact) mass is 317 g/mol. The van der Waals surface area contributed by atoms with Crippen LogP contribution in [0.1, 0.15) is 36.6 Å². The molecule has 118 valence electrons. The van der Waals surface area contributed by atoms with E-state index in [2.05, 4.69) is 67.7 Å². The normalized spacial score (nSPS) is 15.4. The van der Waals surface area contributed by atoms with Gasteiger partial charge in [0.2, 0.25) is 0 Å². The van der Waals surface area contributed by atoms with Crippen molar-refractivity contribution in [3.8, 4) is 5.75 Å². The maximum absolute atomic E-state index is 5.57. The summed E-state index contributed by atoms with van der Waals surface area (Å²) < 4.78 is 5.57. The number of benzene rings is 2. The first-order chi connectivity index (χ1) is 10.2. The highest BCUT2D eigenvalue weighted by Crippen LogP contribution is 2.26. The largest absolute Gasteiger partial charge is 0.493 e. The summed E-state index contributed by atoms with van der Waals surface area (Å²) in [6.45, 7) is 5.31. The molecule has 0 bridgehead atoms. The van der Waals surface area contributed by atoms with Crippen LogP contribution in [0.5, 0.6) is 5.75 Å². The van der Waals surface area contributed by atoms with E-state index in [4.69, 9.17) is 4.74 Å². The van der Waals surface area contributed by atoms with E-state index in [1.807, 2.05) is 0 Å². The summed E-state index contributed by atoms with van der Waals surface area (Å²) in [7, 11) is 0. The zero-order valence-corrected chi connectivity index (χ0v) is 14.0. The van der Waals surface area contributed by atoms with Crippen LogP contribution in [0, 0.1) is 0 Å². The van der Waals surface area contributed by atoms with E-state index in [9.17, 15) is 0 Å². The van der Waals surface area contributed by atoms with Crippen molar-refractivity contribution in [2.24, 2.45) is 0 Å². The lowest BCUT2D eigenvalue weighted by Gasteiger charge is -2.20. The number of ether oxygens (including phenoxy) is 1. The number of hydrogen-bond acceptors (Lipinski definition) is 2. The van der Waals surface area contributed by atoms with Gasteiger partial charge in [-0.3, -0.25) is 0 Å². The van der Waals surface area contributed by atoms with Crippen LogP contribution in [0.2, 0.25) is 0 Å². The first-order valence-electron chi connectivity index (χ1n) is 7.78. The second-order valence-corrected chi connectivity index (χ2v) is 5.94. The molecule has 0 saturated carbocycles. The molecule has 0 aromatic heterocycles. The van der Waals surface area contributed by atoms with Crippen molar-refractivity contribution >= 4 is 12.4 Å². The van der Waals surface area contributed by atoms with Crippen LogP contribution in [-0.2, 0) is 12.8 Å². The van der Waals surface area contributed by atoms with Gasteiger partial charge in [-0.25, -0.2) is 0 Å². The summed E-state index contributed by atoms with van der Waals surface area (Å²) in [4.78, 5) is 0. The van der Waals surface area contributed by atoms with Crippen molar-refractivity contribution < 1.29 is 4.74 Å². The molecule has 2 unspecified atom stereocenters. The first kappa shape index (κ1) is 16.9. The molecule has 1 aliphatic rings. The van der Waals surface area contributed by atoms with Gasteiger partial charge in [-0.05, 0) is 43.0 Å². The second kappa shape index (κ2) is 7.66. The van der Waals surface area contributed by atoms with Gasteiger partial charge in [-0.2, -0.15) is 0 Å². The fourth-order valence-corrected chi connectivity index (χ4v) is 3.04. The molecule has 2 nitrogen and oxygen atoms in total. The Morgan fingerprint density at radius 2 is 1.86 bits per heavy atom. The fraction of sp³-hybridized carbons (Fsp3) is 0.368. The first-order valence-corrected chi connectivity index (χ1v) is 7.78. The molecule has 3 heteroatoms. The van der Waals surface area contributed by atoms with Gasteiger partial charge in [0.05, 0.1) is 6.61 Å². The van der Waals surface area contributed by atoms with Gasteiger partial charge in [-0.15, -0.1) is 12.4 Å². The fourth-order valence-electron chi connectivity index (χ4n) is 3.04. The minimum absolute atomic E-state index is 0. The van der Waals surface area contributed by atoms with Gasteiger partial charge in [0.25, 0.3) is 0 Å². The van der Waals surface area contributed by atoms with Crippen LogP contribution in [0.4, 0.5) is 0 Å². The van der Waals surface area contributed by atoms with Gasteiger partial charge < -0.3 is 10.1 Å². The summed E-state index contributed by atoms with van der Waals surface area (Å²) in [5.74, 6) is 1.07. The van der Waals surface area contributed by atoms with Crippen LogP contribution in [0.25, 0.3) is 0 Å². The van der Waals surface area contributed by atoms with Crippen molar-refractivity contribution in [3.63, 3.8) is 0 Å². The van der Waals surface area contributed by atoms with Crippen molar-refractivity contribution in [1.29, 1.82) is 0 Å². The highest BCUT2D eigenvalue weighted by atomic mass is 35.5. The Morgan fingerprint density at radius 1 is 1.09 bits per heavy atom. The Kier molecular flexibility index (Phi) is 5.87. The smallest absolute Gasteiger partial charge is 0.122 e. The van der Waals surface area contributed by atoms with Crippen LogP contribution in [0.3, 0.4) is 0 Å². The second-order valence-electron chi connectivity index (χ2n) is 5.94. The molecule has 0 fully saturated rings. The Morgan fingerprint density at radius 3 is 2.64 bits per heavy atom. The van der Waals surface area contributed by atoms with Crippen LogP contribution in [-0.4, -0.2) is 12.6 Å². The quantitative estimate of drug-likeness (QED) is 0.886. The molecule has 2 aromatic carbocycles. The molecular formula is C19H24ClNO. The van der Waals surface area contributed by atoms with Crippen LogP contribution >= 0.6 is 12.4 Å². The zero-order valence-electron chi connectivity index (χ0n) is 13.2. The van der Waals surface area contributed by atoms with Crippen molar-refractivity contribution in [2.45, 2.75) is 38.8 Å². The third-order valence-electron chi connectivity index (χ3n) is 4.13. The number of nitrogens with one attached hydrogen (secondary N) is 1. The standard InChI is InChI=1S/C19H23NO.ClH/c1-14(20-15(2)17-6-4-3-5-7-17)12-16-8-9-19-18(13-16)10-11-21-19;/h3-9,13-15,20H,10-12H2,1-2H3;1H. The molecule has 0 saturated heterocycles. The number of fused-ring (bicyclic) bond motifs is 1. The summed E-state index contributed by atoms with van der Waals surface area (Å²) in [6, 6.07) is 18.0. The molecule has 3 rings (SSSR count). The number of rotatable bonds is 5. The Balaban J connectivity index is 0.00000176.